The number of ether oxygens (including phenoxy) is 2. The standard InChI is InChI=1S/C26H34N4O4/c1-18-5-3-6-21(15-18)34-20-9-11-28(12-10-20)24(31)17-30-23-8-4-7-22(23)25(27-30)26(32)29-13-14-33-19(2)16-29/h3,5-6,15,19-20H,4,7-14,16-17H2,1-2H3/t19-/m0/s1. The second-order valence-corrected chi connectivity index (χ2v) is 9.73. The van der Waals surface area contributed by atoms with E-state index in [1.807, 2.05) is 34.9 Å². The summed E-state index contributed by atoms with van der Waals surface area (Å²) in [4.78, 5) is 30.1. The first-order chi connectivity index (χ1) is 16.5. The summed E-state index contributed by atoms with van der Waals surface area (Å²) in [6.45, 7) is 7.31. The van der Waals surface area contributed by atoms with Gasteiger partial charge < -0.3 is 19.3 Å². The molecule has 2 saturated heterocycles. The van der Waals surface area contributed by atoms with Gasteiger partial charge in [-0.1, -0.05) is 12.1 Å². The lowest BCUT2D eigenvalue weighted by Crippen LogP contribution is -2.45. The van der Waals surface area contributed by atoms with E-state index >= 15 is 0 Å². The van der Waals surface area contributed by atoms with Crippen LogP contribution in [0.15, 0.2) is 24.3 Å². The Balaban J connectivity index is 1.21. The van der Waals surface area contributed by atoms with Crippen molar-refractivity contribution in [3.05, 3.63) is 46.8 Å². The number of fused-ring (bicyclic) bond motifs is 1. The number of hydrogen-bond acceptors (Lipinski definition) is 5. The largest absolute Gasteiger partial charge is 0.490 e. The molecule has 1 atom stereocenters. The van der Waals surface area contributed by atoms with E-state index in [2.05, 4.69) is 18.1 Å². The molecule has 2 aromatic rings. The molecule has 0 unspecified atom stereocenters. The van der Waals surface area contributed by atoms with Gasteiger partial charge in [0.25, 0.3) is 5.91 Å². The quantitative estimate of drug-likeness (QED) is 0.677. The number of carbonyl (C=O) groups excluding carboxylic acids is 2. The first-order valence-electron chi connectivity index (χ1n) is 12.5. The average Bonchev–Trinajstić information content (AvgIpc) is 3.43. The number of nitrogens with zero attached hydrogens (tertiary/aromatic N) is 4. The number of hydrogen-bond donors (Lipinski definition) is 0. The van der Waals surface area contributed by atoms with Crippen LogP contribution in [-0.4, -0.2) is 76.4 Å². The third-order valence-corrected chi connectivity index (χ3v) is 7.11. The van der Waals surface area contributed by atoms with E-state index in [1.165, 1.54) is 5.56 Å². The fraction of sp³-hybridized carbons (Fsp3) is 0.577. The summed E-state index contributed by atoms with van der Waals surface area (Å²) >= 11 is 0. The molecule has 8 nitrogen and oxygen atoms in total. The lowest BCUT2D eigenvalue weighted by molar-refractivity contribution is -0.133. The third kappa shape index (κ3) is 4.82. The van der Waals surface area contributed by atoms with Crippen LogP contribution in [0.2, 0.25) is 0 Å². The van der Waals surface area contributed by atoms with Crippen molar-refractivity contribution in [3.63, 3.8) is 0 Å². The number of amides is 2. The van der Waals surface area contributed by atoms with E-state index in [9.17, 15) is 9.59 Å². The molecule has 1 aromatic carbocycles. The SMILES string of the molecule is Cc1cccc(OC2CCN(C(=O)Cn3nc(C(=O)N4CCO[C@@H](C)C4)c4c3CCC4)CC2)c1. The predicted molar refractivity (Wildman–Crippen MR) is 127 cm³/mol. The van der Waals surface area contributed by atoms with Crippen molar-refractivity contribution in [2.75, 3.05) is 32.8 Å². The Labute approximate surface area is 200 Å². The van der Waals surface area contributed by atoms with Crippen molar-refractivity contribution in [3.8, 4) is 5.75 Å². The van der Waals surface area contributed by atoms with Gasteiger partial charge in [0.2, 0.25) is 5.91 Å². The van der Waals surface area contributed by atoms with Gasteiger partial charge in [-0.3, -0.25) is 14.3 Å². The van der Waals surface area contributed by atoms with E-state index in [4.69, 9.17) is 9.47 Å². The molecule has 1 aliphatic carbocycles. The highest BCUT2D eigenvalue weighted by Gasteiger charge is 2.32. The molecule has 2 fully saturated rings. The molecule has 0 N–H and O–H groups in total. The summed E-state index contributed by atoms with van der Waals surface area (Å²) in [6, 6.07) is 8.09. The van der Waals surface area contributed by atoms with Crippen LogP contribution in [-0.2, 0) is 28.9 Å². The van der Waals surface area contributed by atoms with Crippen molar-refractivity contribution in [1.29, 1.82) is 0 Å². The molecule has 8 heteroatoms. The lowest BCUT2D eigenvalue weighted by Gasteiger charge is -2.32. The maximum atomic E-state index is 13.2. The number of aryl methyl sites for hydroxylation is 1. The number of benzene rings is 1. The summed E-state index contributed by atoms with van der Waals surface area (Å²) in [7, 11) is 0. The smallest absolute Gasteiger partial charge is 0.274 e. The zero-order valence-corrected chi connectivity index (χ0v) is 20.2. The molecule has 2 aliphatic heterocycles. The van der Waals surface area contributed by atoms with E-state index in [-0.39, 0.29) is 30.6 Å². The predicted octanol–water partition coefficient (Wildman–Crippen LogP) is 2.61. The van der Waals surface area contributed by atoms with Crippen LogP contribution in [0.5, 0.6) is 5.75 Å². The molecule has 182 valence electrons. The molecule has 0 spiro atoms. The Kier molecular flexibility index (Phi) is 6.59. The molecular formula is C26H34N4O4. The summed E-state index contributed by atoms with van der Waals surface area (Å²) in [5, 5.41) is 4.66. The number of carbonyl (C=O) groups is 2. The average molecular weight is 467 g/mol. The lowest BCUT2D eigenvalue weighted by atomic mass is 10.1. The topological polar surface area (TPSA) is 76.9 Å². The molecular weight excluding hydrogens is 432 g/mol. The maximum Gasteiger partial charge on any atom is 0.274 e. The third-order valence-electron chi connectivity index (χ3n) is 7.11. The molecule has 3 aliphatic rings. The van der Waals surface area contributed by atoms with Gasteiger partial charge in [0.15, 0.2) is 5.69 Å². The second kappa shape index (κ2) is 9.78. The molecule has 1 aromatic heterocycles. The van der Waals surface area contributed by atoms with Crippen LogP contribution in [0.3, 0.4) is 0 Å². The fourth-order valence-electron chi connectivity index (χ4n) is 5.30. The highest BCUT2D eigenvalue weighted by molar-refractivity contribution is 5.94. The fourth-order valence-corrected chi connectivity index (χ4v) is 5.30. The number of aromatic nitrogens is 2. The zero-order valence-electron chi connectivity index (χ0n) is 20.2. The highest BCUT2D eigenvalue weighted by atomic mass is 16.5. The minimum Gasteiger partial charge on any atom is -0.490 e. The van der Waals surface area contributed by atoms with Crippen molar-refractivity contribution >= 4 is 11.8 Å². The Morgan fingerprint density at radius 2 is 1.97 bits per heavy atom. The van der Waals surface area contributed by atoms with Crippen LogP contribution in [0.25, 0.3) is 0 Å². The van der Waals surface area contributed by atoms with Crippen molar-refractivity contribution in [1.82, 2.24) is 19.6 Å². The number of piperidine rings is 1. The van der Waals surface area contributed by atoms with Gasteiger partial charge in [0, 0.05) is 50.3 Å². The van der Waals surface area contributed by atoms with E-state index in [0.717, 1.165) is 49.1 Å². The summed E-state index contributed by atoms with van der Waals surface area (Å²) in [5.41, 5.74) is 3.79. The van der Waals surface area contributed by atoms with Crippen LogP contribution in [0.1, 0.15) is 53.5 Å². The maximum absolute atomic E-state index is 13.2. The van der Waals surface area contributed by atoms with Gasteiger partial charge in [-0.25, -0.2) is 0 Å². The first kappa shape index (κ1) is 22.9. The monoisotopic (exact) mass is 466 g/mol. The van der Waals surface area contributed by atoms with Gasteiger partial charge >= 0.3 is 0 Å². The van der Waals surface area contributed by atoms with Crippen molar-refractivity contribution in [2.45, 2.75) is 64.7 Å². The summed E-state index contributed by atoms with van der Waals surface area (Å²) < 4.78 is 13.5. The van der Waals surface area contributed by atoms with Crippen LogP contribution >= 0.6 is 0 Å². The molecule has 0 radical (unpaired) electrons. The first-order valence-corrected chi connectivity index (χ1v) is 12.5. The van der Waals surface area contributed by atoms with E-state index in [0.29, 0.717) is 38.5 Å². The summed E-state index contributed by atoms with van der Waals surface area (Å²) in [5.74, 6) is 0.919. The van der Waals surface area contributed by atoms with Gasteiger partial charge in [-0.05, 0) is 50.8 Å². The molecule has 0 bridgehead atoms. The molecule has 0 saturated carbocycles. The van der Waals surface area contributed by atoms with Gasteiger partial charge in [-0.15, -0.1) is 0 Å². The highest BCUT2D eigenvalue weighted by Crippen LogP contribution is 2.27. The Morgan fingerprint density at radius 3 is 2.74 bits per heavy atom. The van der Waals surface area contributed by atoms with E-state index in [1.54, 1.807) is 4.68 Å². The molecule has 3 heterocycles. The number of likely N-dealkylation sites (tertiary alicyclic amines) is 1. The molecule has 34 heavy (non-hydrogen) atoms. The second-order valence-electron chi connectivity index (χ2n) is 9.73. The van der Waals surface area contributed by atoms with Gasteiger partial charge in [0.1, 0.15) is 18.4 Å². The van der Waals surface area contributed by atoms with Crippen LogP contribution in [0, 0.1) is 6.92 Å². The van der Waals surface area contributed by atoms with Crippen molar-refractivity contribution < 1.29 is 19.1 Å². The van der Waals surface area contributed by atoms with Crippen molar-refractivity contribution in [2.24, 2.45) is 0 Å². The van der Waals surface area contributed by atoms with Crippen LogP contribution in [0.4, 0.5) is 0 Å². The minimum absolute atomic E-state index is 0.0337. The molecule has 5 rings (SSSR count). The van der Waals surface area contributed by atoms with Gasteiger partial charge in [0.05, 0.1) is 12.7 Å². The Morgan fingerprint density at radius 1 is 1.15 bits per heavy atom. The Bertz CT molecular complexity index is 1060. The van der Waals surface area contributed by atoms with E-state index < -0.39 is 0 Å². The minimum atomic E-state index is -0.0337. The van der Waals surface area contributed by atoms with Gasteiger partial charge in [-0.2, -0.15) is 5.10 Å². The Hall–Kier alpha value is -2.87. The number of morpholine rings is 1. The number of rotatable bonds is 5. The summed E-state index contributed by atoms with van der Waals surface area (Å²) in [6.07, 6.45) is 4.52. The van der Waals surface area contributed by atoms with Crippen LogP contribution < -0.4 is 4.74 Å². The normalized spacial score (nSPS) is 20.9. The zero-order chi connectivity index (χ0) is 23.7. The molecule has 2 amide bonds.